The zero-order valence-electron chi connectivity index (χ0n) is 19.8. The maximum atomic E-state index is 14.3. The summed E-state index contributed by atoms with van der Waals surface area (Å²) in [5.41, 5.74) is 6.30. The van der Waals surface area contributed by atoms with Gasteiger partial charge in [0.1, 0.15) is 5.69 Å². The number of nitrogens with two attached hydrogens (primary N) is 2. The summed E-state index contributed by atoms with van der Waals surface area (Å²) < 4.78 is 2.30. The molecule has 4 N–H and O–H groups in total. The second kappa shape index (κ2) is 10.1. The molecule has 8 nitrogen and oxygen atoms in total. The van der Waals surface area contributed by atoms with Gasteiger partial charge in [-0.25, -0.2) is 15.2 Å². The molecular formula is C28H20Cl2N6O2. The molecule has 0 atom stereocenters. The van der Waals surface area contributed by atoms with Crippen molar-refractivity contribution >= 4 is 51.0 Å². The van der Waals surface area contributed by atoms with Gasteiger partial charge in [0.2, 0.25) is 0 Å². The standard InChI is InChI=1S/C28H20Cl2N6O2/c1-2-13-34-25(17-11-12-20(29)21(30)14-17)26(36(32)23-10-6-5-9-22(23)31)27(37)35(28(34)38)24-16-33-15-18-7-3-4-8-19(18)24/h1,3-12,14-16H,13,31-32H2. The maximum Gasteiger partial charge on any atom is 0.337 e. The van der Waals surface area contributed by atoms with E-state index in [4.69, 9.17) is 41.2 Å². The Morgan fingerprint density at radius 1 is 0.974 bits per heavy atom. The first-order valence-corrected chi connectivity index (χ1v) is 12.1. The number of hydrazine groups is 1. The van der Waals surface area contributed by atoms with Crippen molar-refractivity contribution < 1.29 is 0 Å². The Bertz CT molecular complexity index is 1870. The van der Waals surface area contributed by atoms with Gasteiger partial charge in [-0.3, -0.25) is 19.4 Å². The van der Waals surface area contributed by atoms with Crippen LogP contribution in [0.25, 0.3) is 27.7 Å². The Morgan fingerprint density at radius 2 is 1.71 bits per heavy atom. The highest BCUT2D eigenvalue weighted by molar-refractivity contribution is 6.42. The first-order chi connectivity index (χ1) is 18.3. The van der Waals surface area contributed by atoms with Crippen molar-refractivity contribution in [3.8, 4) is 29.3 Å². The zero-order chi connectivity index (χ0) is 27.0. The molecule has 0 aliphatic carbocycles. The largest absolute Gasteiger partial charge is 0.397 e. The number of nitrogens with zero attached hydrogens (tertiary/aromatic N) is 4. The Morgan fingerprint density at radius 3 is 2.45 bits per heavy atom. The number of fused-ring (bicyclic) bond motifs is 1. The van der Waals surface area contributed by atoms with Crippen molar-refractivity contribution in [1.82, 2.24) is 14.1 Å². The van der Waals surface area contributed by atoms with Crippen LogP contribution in [0.4, 0.5) is 17.1 Å². The molecule has 0 aliphatic rings. The van der Waals surface area contributed by atoms with Gasteiger partial charge in [-0.1, -0.05) is 71.6 Å². The van der Waals surface area contributed by atoms with Gasteiger partial charge < -0.3 is 5.73 Å². The lowest BCUT2D eigenvalue weighted by atomic mass is 10.1. The summed E-state index contributed by atoms with van der Waals surface area (Å²) in [4.78, 5) is 32.6. The number of hydrogen-bond acceptors (Lipinski definition) is 6. The molecule has 38 heavy (non-hydrogen) atoms. The minimum Gasteiger partial charge on any atom is -0.397 e. The smallest absolute Gasteiger partial charge is 0.337 e. The van der Waals surface area contributed by atoms with Gasteiger partial charge in [0.15, 0.2) is 0 Å². The van der Waals surface area contributed by atoms with Gasteiger partial charge in [-0.05, 0) is 24.3 Å². The van der Waals surface area contributed by atoms with Gasteiger partial charge >= 0.3 is 5.69 Å². The Balaban J connectivity index is 1.96. The van der Waals surface area contributed by atoms with Crippen LogP contribution < -0.4 is 27.8 Å². The molecule has 2 aromatic heterocycles. The fourth-order valence-electron chi connectivity index (χ4n) is 4.35. The summed E-state index contributed by atoms with van der Waals surface area (Å²) in [7, 11) is 0. The Hall–Kier alpha value is -4.55. The van der Waals surface area contributed by atoms with Crippen LogP contribution in [0, 0.1) is 12.3 Å². The SMILES string of the molecule is C#CCn1c(-c2ccc(Cl)c(Cl)c2)c(N(N)c2ccccc2N)c(=O)n(-c2cncc3ccccc23)c1=O. The van der Waals surface area contributed by atoms with Crippen LogP contribution in [-0.2, 0) is 6.54 Å². The Labute approximate surface area is 227 Å². The Kier molecular flexibility index (Phi) is 6.66. The molecule has 188 valence electrons. The fourth-order valence-corrected chi connectivity index (χ4v) is 4.65. The molecule has 0 bridgehead atoms. The van der Waals surface area contributed by atoms with E-state index in [9.17, 15) is 9.59 Å². The lowest BCUT2D eigenvalue weighted by Crippen LogP contribution is -2.44. The molecule has 5 aromatic rings. The second-order valence-corrected chi connectivity index (χ2v) is 9.16. The molecule has 5 rings (SSSR count). The van der Waals surface area contributed by atoms with Crippen LogP contribution in [0.3, 0.4) is 0 Å². The van der Waals surface area contributed by atoms with E-state index in [1.165, 1.54) is 10.8 Å². The van der Waals surface area contributed by atoms with Crippen molar-refractivity contribution in [2.45, 2.75) is 6.54 Å². The molecule has 0 saturated heterocycles. The predicted octanol–water partition coefficient (Wildman–Crippen LogP) is 4.75. The summed E-state index contributed by atoms with van der Waals surface area (Å²) in [6.45, 7) is -0.169. The van der Waals surface area contributed by atoms with Crippen molar-refractivity contribution in [2.75, 3.05) is 10.7 Å². The van der Waals surface area contributed by atoms with Crippen molar-refractivity contribution in [1.29, 1.82) is 0 Å². The lowest BCUT2D eigenvalue weighted by molar-refractivity contribution is 0.709. The molecule has 0 radical (unpaired) electrons. The highest BCUT2D eigenvalue weighted by Gasteiger charge is 2.27. The van der Waals surface area contributed by atoms with Crippen molar-refractivity contribution in [3.05, 3.63) is 110 Å². The molecular weight excluding hydrogens is 523 g/mol. The van der Waals surface area contributed by atoms with E-state index in [1.54, 1.807) is 54.7 Å². The third-order valence-corrected chi connectivity index (χ3v) is 6.83. The van der Waals surface area contributed by atoms with Crippen molar-refractivity contribution in [3.63, 3.8) is 0 Å². The number of rotatable bonds is 5. The summed E-state index contributed by atoms with van der Waals surface area (Å²) in [5.74, 6) is 9.10. The first-order valence-electron chi connectivity index (χ1n) is 11.3. The number of anilines is 3. The molecule has 10 heteroatoms. The van der Waals surface area contributed by atoms with Crippen LogP contribution in [-0.4, -0.2) is 14.1 Å². The van der Waals surface area contributed by atoms with Gasteiger partial charge in [0, 0.05) is 22.5 Å². The molecule has 0 unspecified atom stereocenters. The summed E-state index contributed by atoms with van der Waals surface area (Å²) >= 11 is 12.5. The molecule has 0 spiro atoms. The molecule has 3 aromatic carbocycles. The van der Waals surface area contributed by atoms with E-state index in [1.807, 2.05) is 18.2 Å². The van der Waals surface area contributed by atoms with Crippen LogP contribution in [0.5, 0.6) is 0 Å². The van der Waals surface area contributed by atoms with E-state index in [2.05, 4.69) is 10.9 Å². The maximum absolute atomic E-state index is 14.3. The number of hydrogen-bond donors (Lipinski definition) is 2. The first kappa shape index (κ1) is 25.1. The average Bonchev–Trinajstić information content (AvgIpc) is 2.92. The molecule has 0 amide bonds. The van der Waals surface area contributed by atoms with Crippen molar-refractivity contribution in [2.24, 2.45) is 5.84 Å². The number of halogens is 2. The molecule has 0 saturated carbocycles. The number of terminal acetylenes is 1. The van der Waals surface area contributed by atoms with Crippen LogP contribution in [0.1, 0.15) is 0 Å². The van der Waals surface area contributed by atoms with E-state index in [-0.39, 0.29) is 28.6 Å². The van der Waals surface area contributed by atoms with Crippen LogP contribution in [0.2, 0.25) is 10.0 Å². The summed E-state index contributed by atoms with van der Waals surface area (Å²) in [6, 6.07) is 18.8. The second-order valence-electron chi connectivity index (χ2n) is 8.35. The highest BCUT2D eigenvalue weighted by Crippen LogP contribution is 2.35. The lowest BCUT2D eigenvalue weighted by Gasteiger charge is -2.26. The zero-order valence-corrected chi connectivity index (χ0v) is 21.3. The van der Waals surface area contributed by atoms with Crippen LogP contribution in [0.15, 0.2) is 88.7 Å². The third kappa shape index (κ3) is 4.19. The monoisotopic (exact) mass is 542 g/mol. The third-order valence-electron chi connectivity index (χ3n) is 6.09. The van der Waals surface area contributed by atoms with E-state index < -0.39 is 11.2 Å². The van der Waals surface area contributed by atoms with E-state index >= 15 is 0 Å². The molecule has 0 aliphatic heterocycles. The number of benzene rings is 3. The minimum atomic E-state index is -0.701. The van der Waals surface area contributed by atoms with Crippen LogP contribution >= 0.6 is 23.2 Å². The molecule has 2 heterocycles. The topological polar surface area (TPSA) is 112 Å². The van der Waals surface area contributed by atoms with Gasteiger partial charge in [-0.15, -0.1) is 6.42 Å². The normalized spacial score (nSPS) is 10.9. The fraction of sp³-hybridized carbons (Fsp3) is 0.0357. The number of nitrogen functional groups attached to an aromatic ring is 1. The molecule has 0 fully saturated rings. The highest BCUT2D eigenvalue weighted by atomic mass is 35.5. The minimum absolute atomic E-state index is 0.0518. The quantitative estimate of drug-likeness (QED) is 0.143. The predicted molar refractivity (Wildman–Crippen MR) is 153 cm³/mol. The number of pyridine rings is 1. The van der Waals surface area contributed by atoms with E-state index in [0.717, 1.165) is 15.0 Å². The summed E-state index contributed by atoms with van der Waals surface area (Å²) in [6.07, 6.45) is 8.79. The van der Waals surface area contributed by atoms with Gasteiger partial charge in [0.05, 0.1) is 45.5 Å². The average molecular weight is 543 g/mol. The van der Waals surface area contributed by atoms with Gasteiger partial charge in [-0.2, -0.15) is 0 Å². The van der Waals surface area contributed by atoms with Gasteiger partial charge in [0.25, 0.3) is 5.56 Å². The summed E-state index contributed by atoms with van der Waals surface area (Å²) in [5, 5.41) is 3.06. The number of aromatic nitrogens is 3. The number of para-hydroxylation sites is 2. The van der Waals surface area contributed by atoms with E-state index in [0.29, 0.717) is 27.3 Å².